The summed E-state index contributed by atoms with van der Waals surface area (Å²) < 4.78 is 0. The highest BCUT2D eigenvalue weighted by molar-refractivity contribution is 5.78. The van der Waals surface area contributed by atoms with Crippen molar-refractivity contribution in [2.75, 3.05) is 6.54 Å². The fourth-order valence-corrected chi connectivity index (χ4v) is 1.85. The standard InChI is InChI=1S/C10H19NO/c1-4-9(12)7-8-5-6-11-10(8,2)3/h8,11H,4-7H2,1-3H3. The highest BCUT2D eigenvalue weighted by Crippen LogP contribution is 2.29. The number of Topliss-reactive ketones (excluding diaryl/α,β-unsaturated/α-hetero) is 1. The molecule has 0 aromatic rings. The van der Waals surface area contributed by atoms with Crippen LogP contribution < -0.4 is 5.32 Å². The molecular formula is C10H19NO. The van der Waals surface area contributed by atoms with Gasteiger partial charge >= 0.3 is 0 Å². The average molecular weight is 169 g/mol. The minimum absolute atomic E-state index is 0.171. The Bertz CT molecular complexity index is 175. The van der Waals surface area contributed by atoms with Gasteiger partial charge in [0, 0.05) is 18.4 Å². The van der Waals surface area contributed by atoms with Gasteiger partial charge in [0.2, 0.25) is 0 Å². The summed E-state index contributed by atoms with van der Waals surface area (Å²) in [4.78, 5) is 11.2. The van der Waals surface area contributed by atoms with Crippen LogP contribution in [0, 0.1) is 5.92 Å². The highest BCUT2D eigenvalue weighted by atomic mass is 16.1. The zero-order valence-corrected chi connectivity index (χ0v) is 8.31. The molecule has 0 aromatic carbocycles. The molecule has 1 aliphatic rings. The van der Waals surface area contributed by atoms with E-state index in [9.17, 15) is 4.79 Å². The lowest BCUT2D eigenvalue weighted by Gasteiger charge is -2.26. The minimum Gasteiger partial charge on any atom is -0.311 e. The molecule has 1 heterocycles. The van der Waals surface area contributed by atoms with Crippen molar-refractivity contribution < 1.29 is 4.79 Å². The molecule has 1 aliphatic heterocycles. The van der Waals surface area contributed by atoms with Crippen molar-refractivity contribution in [2.45, 2.75) is 45.6 Å². The molecule has 0 bridgehead atoms. The number of rotatable bonds is 3. The van der Waals surface area contributed by atoms with Crippen molar-refractivity contribution in [3.8, 4) is 0 Å². The van der Waals surface area contributed by atoms with Gasteiger partial charge in [-0.2, -0.15) is 0 Å². The average Bonchev–Trinajstić information content (AvgIpc) is 2.31. The second-order valence-electron chi connectivity index (χ2n) is 4.23. The Balaban J connectivity index is 2.47. The normalized spacial score (nSPS) is 27.4. The topological polar surface area (TPSA) is 29.1 Å². The minimum atomic E-state index is 0.171. The SMILES string of the molecule is CCC(=O)CC1CCNC1(C)C. The van der Waals surface area contributed by atoms with E-state index in [-0.39, 0.29) is 5.54 Å². The molecule has 0 aliphatic carbocycles. The third kappa shape index (κ3) is 2.07. The molecule has 0 spiro atoms. The summed E-state index contributed by atoms with van der Waals surface area (Å²) in [7, 11) is 0. The van der Waals surface area contributed by atoms with E-state index < -0.39 is 0 Å². The van der Waals surface area contributed by atoms with Crippen LogP contribution in [-0.4, -0.2) is 17.9 Å². The molecule has 1 atom stereocenters. The fourth-order valence-electron chi connectivity index (χ4n) is 1.85. The van der Waals surface area contributed by atoms with Gasteiger partial charge in [-0.3, -0.25) is 4.79 Å². The van der Waals surface area contributed by atoms with Crippen LogP contribution in [0.15, 0.2) is 0 Å². The van der Waals surface area contributed by atoms with Gasteiger partial charge < -0.3 is 5.32 Å². The van der Waals surface area contributed by atoms with Gasteiger partial charge in [0.25, 0.3) is 0 Å². The molecule has 0 aromatic heterocycles. The van der Waals surface area contributed by atoms with E-state index in [1.807, 2.05) is 6.92 Å². The summed E-state index contributed by atoms with van der Waals surface area (Å²) in [6.07, 6.45) is 2.60. The van der Waals surface area contributed by atoms with Gasteiger partial charge in [-0.15, -0.1) is 0 Å². The van der Waals surface area contributed by atoms with Gasteiger partial charge in [-0.1, -0.05) is 6.92 Å². The smallest absolute Gasteiger partial charge is 0.132 e. The quantitative estimate of drug-likeness (QED) is 0.697. The van der Waals surface area contributed by atoms with Crippen LogP contribution >= 0.6 is 0 Å². The highest BCUT2D eigenvalue weighted by Gasteiger charge is 2.34. The lowest BCUT2D eigenvalue weighted by molar-refractivity contribution is -0.120. The summed E-state index contributed by atoms with van der Waals surface area (Å²) >= 11 is 0. The lowest BCUT2D eigenvalue weighted by atomic mass is 9.85. The molecule has 1 saturated heterocycles. The summed E-state index contributed by atoms with van der Waals surface area (Å²) in [5.74, 6) is 0.946. The Morgan fingerprint density at radius 1 is 1.58 bits per heavy atom. The van der Waals surface area contributed by atoms with Crippen LogP contribution in [0.4, 0.5) is 0 Å². The first-order valence-corrected chi connectivity index (χ1v) is 4.83. The Morgan fingerprint density at radius 3 is 2.67 bits per heavy atom. The summed E-state index contributed by atoms with van der Waals surface area (Å²) in [6.45, 7) is 7.38. The second kappa shape index (κ2) is 3.56. The lowest BCUT2D eigenvalue weighted by Crippen LogP contribution is -2.38. The van der Waals surface area contributed by atoms with Crippen LogP contribution in [-0.2, 0) is 4.79 Å². The van der Waals surface area contributed by atoms with E-state index in [2.05, 4.69) is 19.2 Å². The van der Waals surface area contributed by atoms with E-state index >= 15 is 0 Å². The largest absolute Gasteiger partial charge is 0.311 e. The van der Waals surface area contributed by atoms with Crippen LogP contribution in [0.1, 0.15) is 40.0 Å². The number of nitrogens with one attached hydrogen (secondary N) is 1. The maximum Gasteiger partial charge on any atom is 0.132 e. The van der Waals surface area contributed by atoms with E-state index in [0.29, 0.717) is 18.1 Å². The van der Waals surface area contributed by atoms with E-state index in [1.165, 1.54) is 0 Å². The van der Waals surface area contributed by atoms with Crippen molar-refractivity contribution in [3.63, 3.8) is 0 Å². The molecule has 0 saturated carbocycles. The van der Waals surface area contributed by atoms with Gasteiger partial charge in [0.05, 0.1) is 0 Å². The zero-order valence-electron chi connectivity index (χ0n) is 8.31. The number of ketones is 1. The third-order valence-electron chi connectivity index (χ3n) is 2.96. The predicted molar refractivity (Wildman–Crippen MR) is 50.1 cm³/mol. The van der Waals surface area contributed by atoms with Crippen LogP contribution in [0.25, 0.3) is 0 Å². The first-order chi connectivity index (χ1) is 5.56. The van der Waals surface area contributed by atoms with Crippen molar-refractivity contribution in [3.05, 3.63) is 0 Å². The Labute approximate surface area is 74.7 Å². The monoisotopic (exact) mass is 169 g/mol. The van der Waals surface area contributed by atoms with Gasteiger partial charge in [0.1, 0.15) is 5.78 Å². The number of hydrogen-bond donors (Lipinski definition) is 1. The van der Waals surface area contributed by atoms with E-state index in [4.69, 9.17) is 0 Å². The molecule has 1 unspecified atom stereocenters. The maximum atomic E-state index is 11.2. The Kier molecular flexibility index (Phi) is 2.89. The van der Waals surface area contributed by atoms with Crippen LogP contribution in [0.5, 0.6) is 0 Å². The second-order valence-corrected chi connectivity index (χ2v) is 4.23. The van der Waals surface area contributed by atoms with Gasteiger partial charge in [0.15, 0.2) is 0 Å². The number of carbonyl (C=O) groups is 1. The van der Waals surface area contributed by atoms with Crippen LogP contribution in [0.2, 0.25) is 0 Å². The van der Waals surface area contributed by atoms with Crippen molar-refractivity contribution in [2.24, 2.45) is 5.92 Å². The van der Waals surface area contributed by atoms with Crippen molar-refractivity contribution in [1.82, 2.24) is 5.32 Å². The maximum absolute atomic E-state index is 11.2. The Hall–Kier alpha value is -0.370. The molecule has 0 radical (unpaired) electrons. The number of carbonyl (C=O) groups excluding carboxylic acids is 1. The molecule has 0 amide bonds. The molecule has 12 heavy (non-hydrogen) atoms. The van der Waals surface area contributed by atoms with Crippen molar-refractivity contribution >= 4 is 5.78 Å². The predicted octanol–water partition coefficient (Wildman–Crippen LogP) is 1.74. The summed E-state index contributed by atoms with van der Waals surface area (Å²) in [6, 6.07) is 0. The molecular weight excluding hydrogens is 150 g/mol. The zero-order chi connectivity index (χ0) is 9.19. The number of hydrogen-bond acceptors (Lipinski definition) is 2. The van der Waals surface area contributed by atoms with Crippen LogP contribution in [0.3, 0.4) is 0 Å². The van der Waals surface area contributed by atoms with Gasteiger partial charge in [-0.25, -0.2) is 0 Å². The van der Waals surface area contributed by atoms with Gasteiger partial charge in [-0.05, 0) is 32.7 Å². The first kappa shape index (κ1) is 9.72. The summed E-state index contributed by atoms with van der Waals surface area (Å²) in [5, 5.41) is 3.42. The molecule has 1 N–H and O–H groups in total. The molecule has 70 valence electrons. The molecule has 2 nitrogen and oxygen atoms in total. The third-order valence-corrected chi connectivity index (χ3v) is 2.96. The van der Waals surface area contributed by atoms with E-state index in [0.717, 1.165) is 19.4 Å². The van der Waals surface area contributed by atoms with E-state index in [1.54, 1.807) is 0 Å². The molecule has 1 fully saturated rings. The fraction of sp³-hybridized carbons (Fsp3) is 0.900. The first-order valence-electron chi connectivity index (χ1n) is 4.83. The molecule has 1 rings (SSSR count). The molecule has 2 heteroatoms. The van der Waals surface area contributed by atoms with Crippen molar-refractivity contribution in [1.29, 1.82) is 0 Å². The Morgan fingerprint density at radius 2 is 2.25 bits per heavy atom. The summed E-state index contributed by atoms with van der Waals surface area (Å²) in [5.41, 5.74) is 0.171.